The first-order valence-corrected chi connectivity index (χ1v) is 5.12. The predicted molar refractivity (Wildman–Crippen MR) is 58.0 cm³/mol. The summed E-state index contributed by atoms with van der Waals surface area (Å²) >= 11 is 0. The smallest absolute Gasteiger partial charge is 0.203 e. The molecule has 0 amide bonds. The maximum atomic E-state index is 9.67. The van der Waals surface area contributed by atoms with Crippen LogP contribution in [-0.4, -0.2) is 32.0 Å². The number of nitrogens with two attached hydrogens (primary N) is 1. The fourth-order valence-electron chi connectivity index (χ4n) is 1.62. The summed E-state index contributed by atoms with van der Waals surface area (Å²) in [5.74, 6) is 1.73. The average molecular weight is 225 g/mol. The molecule has 3 N–H and O–H groups in total. The van der Waals surface area contributed by atoms with E-state index in [1.54, 1.807) is 19.2 Å². The summed E-state index contributed by atoms with van der Waals surface area (Å²) in [4.78, 5) is 0. The molecule has 0 saturated carbocycles. The van der Waals surface area contributed by atoms with Crippen molar-refractivity contribution in [2.24, 2.45) is 5.73 Å². The molecule has 0 fully saturated rings. The molecule has 1 aliphatic rings. The Morgan fingerprint density at radius 2 is 2.19 bits per heavy atom. The van der Waals surface area contributed by atoms with Crippen LogP contribution in [0.15, 0.2) is 12.1 Å². The van der Waals surface area contributed by atoms with E-state index in [2.05, 4.69) is 0 Å². The zero-order valence-corrected chi connectivity index (χ0v) is 9.10. The second-order valence-electron chi connectivity index (χ2n) is 3.50. The minimum absolute atomic E-state index is 0.156. The van der Waals surface area contributed by atoms with Gasteiger partial charge in [-0.25, -0.2) is 0 Å². The summed E-state index contributed by atoms with van der Waals surface area (Å²) in [6, 6.07) is 3.44. The molecule has 5 heteroatoms. The van der Waals surface area contributed by atoms with Crippen molar-refractivity contribution < 1.29 is 19.3 Å². The Balaban J connectivity index is 2.43. The van der Waals surface area contributed by atoms with Crippen LogP contribution in [0, 0.1) is 0 Å². The molecule has 1 aromatic carbocycles. The van der Waals surface area contributed by atoms with Crippen LogP contribution in [-0.2, 0) is 0 Å². The highest BCUT2D eigenvalue weighted by Gasteiger charge is 2.20. The quantitative estimate of drug-likeness (QED) is 0.781. The first kappa shape index (κ1) is 11.0. The number of benzene rings is 1. The van der Waals surface area contributed by atoms with E-state index in [1.165, 1.54) is 0 Å². The third-order valence-corrected chi connectivity index (χ3v) is 2.46. The number of fused-ring (bicyclic) bond motifs is 1. The maximum absolute atomic E-state index is 9.67. The second-order valence-corrected chi connectivity index (χ2v) is 3.50. The lowest BCUT2D eigenvalue weighted by Gasteiger charge is -2.22. The lowest BCUT2D eigenvalue weighted by Crippen LogP contribution is -2.17. The van der Waals surface area contributed by atoms with Crippen LogP contribution < -0.4 is 19.9 Å². The summed E-state index contributed by atoms with van der Waals surface area (Å²) in [5.41, 5.74) is 6.08. The molecule has 0 saturated heterocycles. The van der Waals surface area contributed by atoms with E-state index in [9.17, 15) is 5.11 Å². The Hall–Kier alpha value is -1.46. The topological polar surface area (TPSA) is 73.9 Å². The Morgan fingerprint density at radius 1 is 1.44 bits per heavy atom. The molecule has 1 aliphatic heterocycles. The monoisotopic (exact) mass is 225 g/mol. The molecule has 5 nitrogen and oxygen atoms in total. The van der Waals surface area contributed by atoms with Crippen molar-refractivity contribution in [3.8, 4) is 17.2 Å². The van der Waals surface area contributed by atoms with E-state index in [0.717, 1.165) is 0 Å². The summed E-state index contributed by atoms with van der Waals surface area (Å²) in [5, 5.41) is 9.67. The zero-order valence-electron chi connectivity index (χ0n) is 9.10. The van der Waals surface area contributed by atoms with Gasteiger partial charge < -0.3 is 25.1 Å². The molecule has 2 rings (SSSR count). The number of rotatable bonds is 3. The number of aliphatic hydroxyl groups excluding tert-OH is 1. The number of ether oxygens (including phenoxy) is 3. The third-order valence-electron chi connectivity index (χ3n) is 2.46. The highest BCUT2D eigenvalue weighted by Crippen LogP contribution is 2.41. The van der Waals surface area contributed by atoms with Gasteiger partial charge in [0.15, 0.2) is 11.5 Å². The van der Waals surface area contributed by atoms with Gasteiger partial charge in [-0.2, -0.15) is 0 Å². The Bertz CT molecular complexity index is 363. The molecule has 0 aromatic heterocycles. The fraction of sp³-hybridized carbons (Fsp3) is 0.455. The summed E-state index contributed by atoms with van der Waals surface area (Å²) < 4.78 is 16.1. The molecule has 1 heterocycles. The second kappa shape index (κ2) is 4.59. The van der Waals surface area contributed by atoms with Gasteiger partial charge >= 0.3 is 0 Å². The first-order chi connectivity index (χ1) is 7.76. The van der Waals surface area contributed by atoms with Crippen molar-refractivity contribution in [3.63, 3.8) is 0 Å². The van der Waals surface area contributed by atoms with Crippen molar-refractivity contribution in [2.45, 2.75) is 6.10 Å². The first-order valence-electron chi connectivity index (χ1n) is 5.12. The van der Waals surface area contributed by atoms with E-state index >= 15 is 0 Å². The summed E-state index contributed by atoms with van der Waals surface area (Å²) in [6.07, 6.45) is -0.718. The Morgan fingerprint density at radius 3 is 2.88 bits per heavy atom. The molecule has 1 aromatic rings. The van der Waals surface area contributed by atoms with Gasteiger partial charge in [0, 0.05) is 6.54 Å². The van der Waals surface area contributed by atoms with Crippen LogP contribution in [0.5, 0.6) is 17.2 Å². The van der Waals surface area contributed by atoms with Crippen molar-refractivity contribution >= 4 is 0 Å². The minimum Gasteiger partial charge on any atom is -0.493 e. The van der Waals surface area contributed by atoms with Gasteiger partial charge in [0.05, 0.1) is 13.2 Å². The molecule has 16 heavy (non-hydrogen) atoms. The van der Waals surface area contributed by atoms with Gasteiger partial charge in [-0.15, -0.1) is 0 Å². The van der Waals surface area contributed by atoms with E-state index in [1.807, 2.05) is 0 Å². The third kappa shape index (κ3) is 1.91. The average Bonchev–Trinajstić information content (AvgIpc) is 2.36. The molecular weight excluding hydrogens is 210 g/mol. The molecule has 0 aliphatic carbocycles. The molecule has 1 atom stereocenters. The highest BCUT2D eigenvalue weighted by atomic mass is 16.6. The molecular formula is C11H15NO4. The largest absolute Gasteiger partial charge is 0.493 e. The fourth-order valence-corrected chi connectivity index (χ4v) is 1.62. The maximum Gasteiger partial charge on any atom is 0.203 e. The van der Waals surface area contributed by atoms with Gasteiger partial charge in [-0.1, -0.05) is 0 Å². The van der Waals surface area contributed by atoms with Gasteiger partial charge in [0.1, 0.15) is 13.2 Å². The van der Waals surface area contributed by atoms with Gasteiger partial charge in [-0.3, -0.25) is 0 Å². The molecule has 0 spiro atoms. The number of hydrogen-bond acceptors (Lipinski definition) is 5. The van der Waals surface area contributed by atoms with Crippen LogP contribution in [0.25, 0.3) is 0 Å². The van der Waals surface area contributed by atoms with Crippen molar-refractivity contribution in [1.82, 2.24) is 0 Å². The van der Waals surface area contributed by atoms with E-state index in [0.29, 0.717) is 36.0 Å². The number of hydrogen-bond donors (Lipinski definition) is 2. The molecule has 0 radical (unpaired) electrons. The van der Waals surface area contributed by atoms with Crippen LogP contribution >= 0.6 is 0 Å². The van der Waals surface area contributed by atoms with Crippen LogP contribution in [0.2, 0.25) is 0 Å². The van der Waals surface area contributed by atoms with Crippen molar-refractivity contribution in [2.75, 3.05) is 26.9 Å². The van der Waals surface area contributed by atoms with Crippen molar-refractivity contribution in [3.05, 3.63) is 17.7 Å². The predicted octanol–water partition coefficient (Wildman–Crippen LogP) is 0.458. The standard InChI is InChI=1S/C11H15NO4/c1-14-9-4-7(8(13)6-12)5-10-11(9)16-3-2-15-10/h4-5,8,13H,2-3,6,12H2,1H3. The van der Waals surface area contributed by atoms with E-state index in [-0.39, 0.29) is 6.54 Å². The van der Waals surface area contributed by atoms with Gasteiger partial charge in [-0.05, 0) is 17.7 Å². The van der Waals surface area contributed by atoms with Crippen LogP contribution in [0.1, 0.15) is 11.7 Å². The van der Waals surface area contributed by atoms with Gasteiger partial charge in [0.25, 0.3) is 0 Å². The number of aliphatic hydroxyl groups is 1. The van der Waals surface area contributed by atoms with Crippen LogP contribution in [0.4, 0.5) is 0 Å². The Labute approximate surface area is 93.7 Å². The normalized spacial score (nSPS) is 15.7. The zero-order chi connectivity index (χ0) is 11.5. The Kier molecular flexibility index (Phi) is 3.17. The lowest BCUT2D eigenvalue weighted by molar-refractivity contribution is 0.160. The van der Waals surface area contributed by atoms with Gasteiger partial charge in [0.2, 0.25) is 5.75 Å². The SMILES string of the molecule is COc1cc(C(O)CN)cc2c1OCCO2. The van der Waals surface area contributed by atoms with Crippen molar-refractivity contribution in [1.29, 1.82) is 0 Å². The van der Waals surface area contributed by atoms with Crippen LogP contribution in [0.3, 0.4) is 0 Å². The lowest BCUT2D eigenvalue weighted by atomic mass is 10.1. The summed E-state index contributed by atoms with van der Waals surface area (Å²) in [7, 11) is 1.55. The highest BCUT2D eigenvalue weighted by molar-refractivity contribution is 5.54. The van der Waals surface area contributed by atoms with E-state index in [4.69, 9.17) is 19.9 Å². The summed E-state index contributed by atoms with van der Waals surface area (Å²) in [6.45, 7) is 1.16. The van der Waals surface area contributed by atoms with E-state index < -0.39 is 6.10 Å². The molecule has 1 unspecified atom stereocenters. The number of methoxy groups -OCH3 is 1. The molecule has 88 valence electrons. The molecule has 0 bridgehead atoms. The minimum atomic E-state index is -0.718.